The van der Waals surface area contributed by atoms with E-state index in [2.05, 4.69) is 10.6 Å². The number of benzene rings is 2. The number of nitrogens with one attached hydrogen (secondary N) is 2. The van der Waals surface area contributed by atoms with Crippen molar-refractivity contribution >= 4 is 23.2 Å². The van der Waals surface area contributed by atoms with Gasteiger partial charge in [-0.25, -0.2) is 0 Å². The van der Waals surface area contributed by atoms with Gasteiger partial charge in [0.1, 0.15) is 5.75 Å². The van der Waals surface area contributed by atoms with Gasteiger partial charge in [-0.15, -0.1) is 0 Å². The third-order valence-electron chi connectivity index (χ3n) is 2.93. The van der Waals surface area contributed by atoms with Crippen molar-refractivity contribution in [2.75, 3.05) is 6.54 Å². The van der Waals surface area contributed by atoms with Gasteiger partial charge in [0.05, 0.1) is 0 Å². The van der Waals surface area contributed by atoms with Crippen molar-refractivity contribution in [1.82, 2.24) is 10.6 Å². The number of rotatable bonds is 4. The molecule has 2 aromatic rings. The molecule has 0 fully saturated rings. The Morgan fingerprint density at radius 3 is 2.43 bits per heavy atom. The Bertz CT molecular complexity index is 629. The highest BCUT2D eigenvalue weighted by Gasteiger charge is 2.06. The highest BCUT2D eigenvalue weighted by molar-refractivity contribution is 7.80. The van der Waals surface area contributed by atoms with E-state index in [-0.39, 0.29) is 16.8 Å². The molecule has 0 bridgehead atoms. The number of aromatic hydroxyl groups is 1. The molecular formula is C16H16N2O2S. The van der Waals surface area contributed by atoms with Crippen molar-refractivity contribution < 1.29 is 9.90 Å². The Morgan fingerprint density at radius 1 is 1.05 bits per heavy atom. The molecule has 21 heavy (non-hydrogen) atoms. The second-order valence-corrected chi connectivity index (χ2v) is 4.86. The number of carbonyl (C=O) groups is 1. The lowest BCUT2D eigenvalue weighted by molar-refractivity contribution is 0.0976. The Balaban J connectivity index is 1.78. The highest BCUT2D eigenvalue weighted by Crippen LogP contribution is 2.15. The van der Waals surface area contributed by atoms with E-state index in [4.69, 9.17) is 12.2 Å². The van der Waals surface area contributed by atoms with Gasteiger partial charge in [0, 0.05) is 12.1 Å². The lowest BCUT2D eigenvalue weighted by atomic mass is 10.1. The van der Waals surface area contributed by atoms with E-state index in [1.165, 1.54) is 0 Å². The summed E-state index contributed by atoms with van der Waals surface area (Å²) in [5, 5.41) is 15.5. The van der Waals surface area contributed by atoms with Crippen LogP contribution in [-0.4, -0.2) is 22.7 Å². The quantitative estimate of drug-likeness (QED) is 0.758. The number of phenolic OH excluding ortho intramolecular Hbond substituents is 1. The first-order valence-corrected chi connectivity index (χ1v) is 6.99. The molecule has 0 saturated carbocycles. The maximum atomic E-state index is 11.9. The summed E-state index contributed by atoms with van der Waals surface area (Å²) in [7, 11) is 0. The first-order chi connectivity index (χ1) is 10.2. The van der Waals surface area contributed by atoms with Crippen LogP contribution in [0.4, 0.5) is 0 Å². The van der Waals surface area contributed by atoms with E-state index in [1.54, 1.807) is 36.4 Å². The van der Waals surface area contributed by atoms with Gasteiger partial charge in [-0.05, 0) is 42.4 Å². The smallest absolute Gasteiger partial charge is 0.257 e. The monoisotopic (exact) mass is 300 g/mol. The molecule has 0 saturated heterocycles. The van der Waals surface area contributed by atoms with Crippen LogP contribution in [0.1, 0.15) is 15.9 Å². The fourth-order valence-corrected chi connectivity index (χ4v) is 2.04. The molecule has 3 N–H and O–H groups in total. The topological polar surface area (TPSA) is 61.4 Å². The molecule has 2 rings (SSSR count). The molecule has 0 unspecified atom stereocenters. The van der Waals surface area contributed by atoms with E-state index in [0.717, 1.165) is 5.56 Å². The lowest BCUT2D eigenvalue weighted by Gasteiger charge is -2.10. The van der Waals surface area contributed by atoms with Gasteiger partial charge >= 0.3 is 0 Å². The van der Waals surface area contributed by atoms with E-state index >= 15 is 0 Å². The van der Waals surface area contributed by atoms with Crippen LogP contribution in [0.5, 0.6) is 5.75 Å². The number of hydrogen-bond acceptors (Lipinski definition) is 3. The average Bonchev–Trinajstić information content (AvgIpc) is 2.50. The zero-order chi connectivity index (χ0) is 15.1. The summed E-state index contributed by atoms with van der Waals surface area (Å²) in [5.41, 5.74) is 1.39. The summed E-state index contributed by atoms with van der Waals surface area (Å²) < 4.78 is 0. The Kier molecular flexibility index (Phi) is 5.29. The number of amides is 1. The summed E-state index contributed by atoms with van der Waals surface area (Å²) in [6.07, 6.45) is 0.619. The van der Waals surface area contributed by atoms with Crippen molar-refractivity contribution in [2.24, 2.45) is 0 Å². The number of hydrogen-bond donors (Lipinski definition) is 3. The third kappa shape index (κ3) is 4.57. The Labute approximate surface area is 128 Å². The van der Waals surface area contributed by atoms with Crippen LogP contribution in [0.25, 0.3) is 0 Å². The number of para-hydroxylation sites is 1. The van der Waals surface area contributed by atoms with Gasteiger partial charge in [0.15, 0.2) is 5.11 Å². The van der Waals surface area contributed by atoms with Gasteiger partial charge in [0.25, 0.3) is 5.91 Å². The Morgan fingerprint density at radius 2 is 1.71 bits per heavy atom. The number of thiocarbonyl (C=S) groups is 1. The van der Waals surface area contributed by atoms with Gasteiger partial charge in [-0.3, -0.25) is 10.1 Å². The van der Waals surface area contributed by atoms with Gasteiger partial charge in [-0.1, -0.05) is 36.4 Å². The van der Waals surface area contributed by atoms with E-state index in [1.807, 2.05) is 18.2 Å². The molecule has 108 valence electrons. The normalized spacial score (nSPS) is 9.90. The van der Waals surface area contributed by atoms with E-state index < -0.39 is 0 Å². The van der Waals surface area contributed by atoms with Crippen molar-refractivity contribution in [3.05, 3.63) is 65.7 Å². The van der Waals surface area contributed by atoms with Crippen molar-refractivity contribution in [2.45, 2.75) is 6.42 Å². The molecule has 4 nitrogen and oxygen atoms in total. The van der Waals surface area contributed by atoms with Crippen LogP contribution < -0.4 is 10.6 Å². The molecule has 0 atom stereocenters. The maximum Gasteiger partial charge on any atom is 0.257 e. The van der Waals surface area contributed by atoms with Crippen molar-refractivity contribution in [3.63, 3.8) is 0 Å². The summed E-state index contributed by atoms with van der Waals surface area (Å²) >= 11 is 5.07. The standard InChI is InChI=1S/C16H16N2O2S/c19-14-9-5-4-6-12(14)10-11-17-16(21)18-15(20)13-7-2-1-3-8-13/h1-9,19H,10-11H2,(H2,17,18,20,21). The van der Waals surface area contributed by atoms with E-state index in [9.17, 15) is 9.90 Å². The summed E-state index contributed by atoms with van der Waals surface area (Å²) in [6, 6.07) is 16.0. The van der Waals surface area contributed by atoms with Crippen molar-refractivity contribution in [3.8, 4) is 5.75 Å². The summed E-state index contributed by atoms with van der Waals surface area (Å²) in [4.78, 5) is 11.9. The van der Waals surface area contributed by atoms with E-state index in [0.29, 0.717) is 18.5 Å². The first kappa shape index (κ1) is 15.0. The van der Waals surface area contributed by atoms with Crippen LogP contribution in [0.2, 0.25) is 0 Å². The SMILES string of the molecule is O=C(NC(=S)NCCc1ccccc1O)c1ccccc1. The molecule has 0 aromatic heterocycles. The van der Waals surface area contributed by atoms with Crippen LogP contribution in [0.15, 0.2) is 54.6 Å². The minimum Gasteiger partial charge on any atom is -0.508 e. The van der Waals surface area contributed by atoms with Crippen LogP contribution in [0.3, 0.4) is 0 Å². The lowest BCUT2D eigenvalue weighted by Crippen LogP contribution is -2.40. The predicted octanol–water partition coefficient (Wildman–Crippen LogP) is 2.24. The number of carbonyl (C=O) groups excluding carboxylic acids is 1. The molecule has 1 amide bonds. The fraction of sp³-hybridized carbons (Fsp3) is 0.125. The molecule has 5 heteroatoms. The molecule has 0 heterocycles. The molecular weight excluding hydrogens is 284 g/mol. The molecule has 0 radical (unpaired) electrons. The van der Waals surface area contributed by atoms with Gasteiger partial charge in [-0.2, -0.15) is 0 Å². The second kappa shape index (κ2) is 7.40. The molecule has 2 aromatic carbocycles. The number of phenols is 1. The second-order valence-electron chi connectivity index (χ2n) is 4.45. The van der Waals surface area contributed by atoms with Crippen LogP contribution in [-0.2, 0) is 6.42 Å². The third-order valence-corrected chi connectivity index (χ3v) is 3.18. The summed E-state index contributed by atoms with van der Waals surface area (Å²) in [6.45, 7) is 0.533. The zero-order valence-corrected chi connectivity index (χ0v) is 12.2. The Hall–Kier alpha value is -2.40. The average molecular weight is 300 g/mol. The van der Waals surface area contributed by atoms with Crippen LogP contribution in [0, 0.1) is 0 Å². The minimum atomic E-state index is -0.240. The largest absolute Gasteiger partial charge is 0.508 e. The zero-order valence-electron chi connectivity index (χ0n) is 11.4. The first-order valence-electron chi connectivity index (χ1n) is 6.58. The molecule has 0 aliphatic rings. The van der Waals surface area contributed by atoms with Crippen molar-refractivity contribution in [1.29, 1.82) is 0 Å². The maximum absolute atomic E-state index is 11.9. The molecule has 0 spiro atoms. The van der Waals surface area contributed by atoms with Crippen LogP contribution >= 0.6 is 12.2 Å². The van der Waals surface area contributed by atoms with Gasteiger partial charge in [0.2, 0.25) is 0 Å². The minimum absolute atomic E-state index is 0.240. The molecule has 0 aliphatic heterocycles. The summed E-state index contributed by atoms with van der Waals surface area (Å²) in [5.74, 6) is 0.0224. The highest BCUT2D eigenvalue weighted by atomic mass is 32.1. The predicted molar refractivity (Wildman–Crippen MR) is 86.3 cm³/mol. The fourth-order valence-electron chi connectivity index (χ4n) is 1.84. The molecule has 0 aliphatic carbocycles. The van der Waals surface area contributed by atoms with Gasteiger partial charge < -0.3 is 10.4 Å².